The van der Waals surface area contributed by atoms with Crippen LogP contribution in [0.25, 0.3) is 0 Å². The quantitative estimate of drug-likeness (QED) is 0.841. The zero-order valence-electron chi connectivity index (χ0n) is 16.3. The minimum absolute atomic E-state index is 0.00163. The van der Waals surface area contributed by atoms with Crippen LogP contribution in [0.3, 0.4) is 0 Å². The number of para-hydroxylation sites is 1. The number of morpholine rings is 1. The summed E-state index contributed by atoms with van der Waals surface area (Å²) in [5.41, 5.74) is 3.02. The van der Waals surface area contributed by atoms with E-state index < -0.39 is 0 Å². The van der Waals surface area contributed by atoms with Crippen molar-refractivity contribution >= 4 is 17.3 Å². The lowest BCUT2D eigenvalue weighted by atomic mass is 10.1. The minimum atomic E-state index is 0.00163. The van der Waals surface area contributed by atoms with Gasteiger partial charge in [0.05, 0.1) is 20.3 Å². The van der Waals surface area contributed by atoms with Gasteiger partial charge in [0, 0.05) is 29.9 Å². The lowest BCUT2D eigenvalue weighted by Gasteiger charge is -2.40. The molecule has 1 saturated heterocycles. The van der Waals surface area contributed by atoms with Crippen LogP contribution in [0.15, 0.2) is 48.5 Å². The Labute approximate surface area is 161 Å². The van der Waals surface area contributed by atoms with Gasteiger partial charge in [0.15, 0.2) is 0 Å². The Morgan fingerprint density at radius 1 is 1.11 bits per heavy atom. The van der Waals surface area contributed by atoms with E-state index in [2.05, 4.69) is 36.2 Å². The van der Waals surface area contributed by atoms with E-state index in [-0.39, 0.29) is 5.91 Å². The summed E-state index contributed by atoms with van der Waals surface area (Å²) in [6.45, 7) is 5.82. The van der Waals surface area contributed by atoms with Crippen molar-refractivity contribution in [3.05, 3.63) is 54.1 Å². The molecule has 0 aliphatic carbocycles. The van der Waals surface area contributed by atoms with Crippen molar-refractivity contribution < 1.29 is 14.3 Å². The van der Waals surface area contributed by atoms with E-state index >= 15 is 0 Å². The summed E-state index contributed by atoms with van der Waals surface area (Å²) >= 11 is 0. The van der Waals surface area contributed by atoms with Crippen molar-refractivity contribution in [1.29, 1.82) is 0 Å². The monoisotopic (exact) mass is 368 g/mol. The van der Waals surface area contributed by atoms with Crippen LogP contribution in [0.2, 0.25) is 0 Å². The van der Waals surface area contributed by atoms with Crippen molar-refractivity contribution in [3.8, 4) is 5.75 Å². The highest BCUT2D eigenvalue weighted by Crippen LogP contribution is 2.25. The number of benzene rings is 2. The second-order valence-electron chi connectivity index (χ2n) is 7.05. The van der Waals surface area contributed by atoms with Gasteiger partial charge in [-0.15, -0.1) is 0 Å². The average Bonchev–Trinajstić information content (AvgIpc) is 2.68. The van der Waals surface area contributed by atoms with E-state index in [0.717, 1.165) is 35.9 Å². The lowest BCUT2D eigenvalue weighted by molar-refractivity contribution is -0.116. The van der Waals surface area contributed by atoms with Crippen molar-refractivity contribution in [2.45, 2.75) is 38.8 Å². The molecular formula is C22H28N2O3. The molecule has 27 heavy (non-hydrogen) atoms. The molecule has 144 valence electrons. The van der Waals surface area contributed by atoms with Gasteiger partial charge in [-0.2, -0.15) is 0 Å². The fourth-order valence-corrected chi connectivity index (χ4v) is 3.61. The largest absolute Gasteiger partial charge is 0.496 e. The predicted octanol–water partition coefficient (Wildman–Crippen LogP) is 3.88. The van der Waals surface area contributed by atoms with E-state index in [4.69, 9.17) is 9.47 Å². The Hall–Kier alpha value is -2.53. The SMILES string of the molecule is COc1ccccc1CCC(=O)Nc1ccc(N2C(C)COCC2C)cc1. The number of methoxy groups -OCH3 is 1. The normalized spacial score (nSPS) is 19.6. The maximum Gasteiger partial charge on any atom is 0.224 e. The van der Waals surface area contributed by atoms with Crippen molar-refractivity contribution in [1.82, 2.24) is 0 Å². The first-order valence-electron chi connectivity index (χ1n) is 9.46. The first-order valence-corrected chi connectivity index (χ1v) is 9.46. The van der Waals surface area contributed by atoms with Crippen LogP contribution < -0.4 is 15.0 Å². The molecule has 0 bridgehead atoms. The maximum absolute atomic E-state index is 12.3. The molecule has 2 aromatic carbocycles. The summed E-state index contributed by atoms with van der Waals surface area (Å²) in [7, 11) is 1.65. The molecule has 1 aliphatic heterocycles. The Kier molecular flexibility index (Phi) is 6.35. The van der Waals surface area contributed by atoms with Crippen LogP contribution in [0.4, 0.5) is 11.4 Å². The molecule has 1 heterocycles. The Morgan fingerprint density at radius 3 is 2.44 bits per heavy atom. The van der Waals surface area contributed by atoms with E-state index in [0.29, 0.717) is 24.9 Å². The summed E-state index contributed by atoms with van der Waals surface area (Å²) in [6.07, 6.45) is 1.07. The smallest absolute Gasteiger partial charge is 0.224 e. The molecule has 2 atom stereocenters. The number of nitrogens with one attached hydrogen (secondary N) is 1. The predicted molar refractivity (Wildman–Crippen MR) is 109 cm³/mol. The fourth-order valence-electron chi connectivity index (χ4n) is 3.61. The highest BCUT2D eigenvalue weighted by Gasteiger charge is 2.25. The van der Waals surface area contributed by atoms with Crippen LogP contribution in [-0.4, -0.2) is 38.3 Å². The summed E-state index contributed by atoms with van der Waals surface area (Å²) in [6, 6.07) is 16.5. The van der Waals surface area contributed by atoms with Gasteiger partial charge < -0.3 is 19.7 Å². The van der Waals surface area contributed by atoms with E-state index in [1.54, 1.807) is 7.11 Å². The molecule has 0 spiro atoms. The average molecular weight is 368 g/mol. The van der Waals surface area contributed by atoms with Gasteiger partial charge in [-0.1, -0.05) is 18.2 Å². The number of nitrogens with zero attached hydrogens (tertiary/aromatic N) is 1. The summed E-state index contributed by atoms with van der Waals surface area (Å²) < 4.78 is 10.9. The zero-order valence-corrected chi connectivity index (χ0v) is 16.3. The number of hydrogen-bond donors (Lipinski definition) is 1. The standard InChI is InChI=1S/C22H28N2O3/c1-16-14-27-15-17(2)24(16)20-11-9-19(10-12-20)23-22(25)13-8-18-6-4-5-7-21(18)26-3/h4-7,9-12,16-17H,8,13-15H2,1-3H3,(H,23,25). The first-order chi connectivity index (χ1) is 13.1. The Bertz CT molecular complexity index is 750. The number of aryl methyl sites for hydroxylation is 1. The van der Waals surface area contributed by atoms with Crippen molar-refractivity contribution in [2.75, 3.05) is 30.5 Å². The molecule has 3 rings (SSSR count). The molecule has 2 aromatic rings. The van der Waals surface area contributed by atoms with Crippen molar-refractivity contribution in [3.63, 3.8) is 0 Å². The van der Waals surface area contributed by atoms with Gasteiger partial charge in [0.1, 0.15) is 5.75 Å². The van der Waals surface area contributed by atoms with Gasteiger partial charge in [-0.05, 0) is 56.2 Å². The second kappa shape index (κ2) is 8.91. The van der Waals surface area contributed by atoms with Crippen LogP contribution in [-0.2, 0) is 16.0 Å². The van der Waals surface area contributed by atoms with Crippen LogP contribution >= 0.6 is 0 Å². The van der Waals surface area contributed by atoms with Gasteiger partial charge in [0.25, 0.3) is 0 Å². The number of carbonyl (C=O) groups is 1. The molecule has 5 nitrogen and oxygen atoms in total. The molecule has 0 aromatic heterocycles. The van der Waals surface area contributed by atoms with Crippen LogP contribution in [0, 0.1) is 0 Å². The molecule has 1 N–H and O–H groups in total. The van der Waals surface area contributed by atoms with E-state index in [1.165, 1.54) is 0 Å². The topological polar surface area (TPSA) is 50.8 Å². The number of rotatable bonds is 6. The molecule has 0 radical (unpaired) electrons. The Balaban J connectivity index is 1.57. The van der Waals surface area contributed by atoms with Gasteiger partial charge >= 0.3 is 0 Å². The van der Waals surface area contributed by atoms with E-state index in [1.807, 2.05) is 36.4 Å². The molecule has 1 aliphatic rings. The summed E-state index contributed by atoms with van der Waals surface area (Å²) in [5.74, 6) is 0.824. The van der Waals surface area contributed by atoms with Gasteiger partial charge in [-0.3, -0.25) is 4.79 Å². The third-order valence-corrected chi connectivity index (χ3v) is 4.93. The molecule has 2 unspecified atom stereocenters. The molecule has 5 heteroatoms. The molecule has 1 amide bonds. The van der Waals surface area contributed by atoms with Gasteiger partial charge in [-0.25, -0.2) is 0 Å². The minimum Gasteiger partial charge on any atom is -0.496 e. The lowest BCUT2D eigenvalue weighted by Crippen LogP contribution is -2.49. The highest BCUT2D eigenvalue weighted by atomic mass is 16.5. The third kappa shape index (κ3) is 4.80. The molecular weight excluding hydrogens is 340 g/mol. The van der Waals surface area contributed by atoms with Crippen molar-refractivity contribution in [2.24, 2.45) is 0 Å². The number of hydrogen-bond acceptors (Lipinski definition) is 4. The van der Waals surface area contributed by atoms with E-state index in [9.17, 15) is 4.79 Å². The maximum atomic E-state index is 12.3. The first kappa shape index (κ1) is 19.2. The van der Waals surface area contributed by atoms with Crippen LogP contribution in [0.1, 0.15) is 25.8 Å². The summed E-state index contributed by atoms with van der Waals surface area (Å²) in [4.78, 5) is 14.7. The third-order valence-electron chi connectivity index (χ3n) is 4.93. The molecule has 1 fully saturated rings. The number of ether oxygens (including phenoxy) is 2. The summed E-state index contributed by atoms with van der Waals surface area (Å²) in [5, 5.41) is 2.98. The number of carbonyl (C=O) groups excluding carboxylic acids is 1. The van der Waals surface area contributed by atoms with Gasteiger partial charge in [0.2, 0.25) is 5.91 Å². The molecule has 0 saturated carbocycles. The second-order valence-corrected chi connectivity index (χ2v) is 7.05. The zero-order chi connectivity index (χ0) is 19.2. The number of amides is 1. The highest BCUT2D eigenvalue weighted by molar-refractivity contribution is 5.91. The number of anilines is 2. The van der Waals surface area contributed by atoms with Crippen LogP contribution in [0.5, 0.6) is 5.75 Å². The Morgan fingerprint density at radius 2 is 1.78 bits per heavy atom. The fraction of sp³-hybridized carbons (Fsp3) is 0.409.